The van der Waals surface area contributed by atoms with Crippen molar-refractivity contribution in [1.82, 2.24) is 0 Å². The maximum Gasteiger partial charge on any atom is 0.0660 e. The first-order chi connectivity index (χ1) is 7.53. The molecule has 1 unspecified atom stereocenters. The Labute approximate surface area is 103 Å². The van der Waals surface area contributed by atoms with Crippen LogP contribution in [0.3, 0.4) is 0 Å². The standard InChI is InChI=1S/C14H21ClO/c1-3-4-5-10-14(2,16)11-12-6-8-13(15)9-7-12/h6-9,16H,3-5,10-11H2,1-2H3. The Morgan fingerprint density at radius 3 is 2.38 bits per heavy atom. The van der Waals surface area contributed by atoms with Crippen LogP contribution in [-0.2, 0) is 6.42 Å². The molecule has 2 heteroatoms. The van der Waals surface area contributed by atoms with Crippen LogP contribution in [-0.4, -0.2) is 10.7 Å². The summed E-state index contributed by atoms with van der Waals surface area (Å²) in [5.74, 6) is 0. The van der Waals surface area contributed by atoms with Gasteiger partial charge in [-0.1, -0.05) is 49.9 Å². The zero-order chi connectivity index (χ0) is 12.0. The molecule has 0 heterocycles. The monoisotopic (exact) mass is 240 g/mol. The molecule has 1 nitrogen and oxygen atoms in total. The second kappa shape index (κ2) is 6.27. The number of hydrogen-bond donors (Lipinski definition) is 1. The van der Waals surface area contributed by atoms with E-state index in [1.165, 1.54) is 12.8 Å². The Hall–Kier alpha value is -0.530. The summed E-state index contributed by atoms with van der Waals surface area (Å²) >= 11 is 5.82. The fourth-order valence-electron chi connectivity index (χ4n) is 1.89. The lowest BCUT2D eigenvalue weighted by molar-refractivity contribution is 0.0486. The number of benzene rings is 1. The summed E-state index contributed by atoms with van der Waals surface area (Å²) in [5, 5.41) is 11.0. The van der Waals surface area contributed by atoms with E-state index in [4.69, 9.17) is 11.6 Å². The molecule has 0 aliphatic heterocycles. The second-order valence-electron chi connectivity index (χ2n) is 4.76. The first-order valence-electron chi connectivity index (χ1n) is 6.00. The van der Waals surface area contributed by atoms with Gasteiger partial charge in [-0.15, -0.1) is 0 Å². The molecule has 0 spiro atoms. The van der Waals surface area contributed by atoms with Crippen molar-refractivity contribution in [2.24, 2.45) is 0 Å². The minimum Gasteiger partial charge on any atom is -0.390 e. The lowest BCUT2D eigenvalue weighted by Crippen LogP contribution is -2.26. The van der Waals surface area contributed by atoms with Crippen molar-refractivity contribution in [1.29, 1.82) is 0 Å². The highest BCUT2D eigenvalue weighted by Crippen LogP contribution is 2.21. The van der Waals surface area contributed by atoms with Crippen LogP contribution in [0.5, 0.6) is 0 Å². The number of unbranched alkanes of at least 4 members (excludes halogenated alkanes) is 2. The molecule has 16 heavy (non-hydrogen) atoms. The Kier molecular flexibility index (Phi) is 5.30. The van der Waals surface area contributed by atoms with E-state index in [1.54, 1.807) is 0 Å². The molecular formula is C14H21ClO. The van der Waals surface area contributed by atoms with E-state index >= 15 is 0 Å². The van der Waals surface area contributed by atoms with E-state index in [1.807, 2.05) is 31.2 Å². The zero-order valence-corrected chi connectivity index (χ0v) is 10.9. The van der Waals surface area contributed by atoms with Gasteiger partial charge in [-0.2, -0.15) is 0 Å². The molecule has 1 N–H and O–H groups in total. The first-order valence-corrected chi connectivity index (χ1v) is 6.38. The molecule has 0 aliphatic carbocycles. The number of halogens is 1. The van der Waals surface area contributed by atoms with Crippen molar-refractivity contribution < 1.29 is 5.11 Å². The number of hydrogen-bond acceptors (Lipinski definition) is 1. The average Bonchev–Trinajstić information content (AvgIpc) is 2.21. The van der Waals surface area contributed by atoms with Gasteiger partial charge in [0, 0.05) is 11.4 Å². The summed E-state index contributed by atoms with van der Waals surface area (Å²) in [6.07, 6.45) is 5.04. The van der Waals surface area contributed by atoms with Gasteiger partial charge in [-0.3, -0.25) is 0 Å². The van der Waals surface area contributed by atoms with Crippen molar-refractivity contribution in [3.05, 3.63) is 34.9 Å². The summed E-state index contributed by atoms with van der Waals surface area (Å²) < 4.78 is 0. The van der Waals surface area contributed by atoms with Crippen LogP contribution in [0.4, 0.5) is 0 Å². The molecule has 0 radical (unpaired) electrons. The third kappa shape index (κ3) is 5.00. The van der Waals surface area contributed by atoms with E-state index in [2.05, 4.69) is 6.92 Å². The fourth-order valence-corrected chi connectivity index (χ4v) is 2.01. The van der Waals surface area contributed by atoms with Crippen molar-refractivity contribution in [3.8, 4) is 0 Å². The lowest BCUT2D eigenvalue weighted by atomic mass is 9.91. The fraction of sp³-hybridized carbons (Fsp3) is 0.571. The molecule has 90 valence electrons. The molecule has 0 aliphatic rings. The van der Waals surface area contributed by atoms with Gasteiger partial charge in [-0.05, 0) is 31.0 Å². The van der Waals surface area contributed by atoms with E-state index in [0.717, 1.165) is 23.4 Å². The normalized spacial score (nSPS) is 14.8. The van der Waals surface area contributed by atoms with Gasteiger partial charge in [0.2, 0.25) is 0 Å². The molecule has 0 bridgehead atoms. The van der Waals surface area contributed by atoms with Crippen LogP contribution in [0.1, 0.15) is 45.1 Å². The second-order valence-corrected chi connectivity index (χ2v) is 5.19. The summed E-state index contributed by atoms with van der Waals surface area (Å²) in [5.41, 5.74) is 0.550. The number of rotatable bonds is 6. The SMILES string of the molecule is CCCCCC(C)(O)Cc1ccc(Cl)cc1. The Morgan fingerprint density at radius 1 is 1.19 bits per heavy atom. The van der Waals surface area contributed by atoms with Crippen LogP contribution < -0.4 is 0 Å². The number of aliphatic hydroxyl groups is 1. The van der Waals surface area contributed by atoms with Crippen LogP contribution in [0.2, 0.25) is 5.02 Å². The topological polar surface area (TPSA) is 20.2 Å². The predicted molar refractivity (Wildman–Crippen MR) is 69.9 cm³/mol. The van der Waals surface area contributed by atoms with Gasteiger partial charge in [0.1, 0.15) is 0 Å². The van der Waals surface area contributed by atoms with Crippen LogP contribution in [0.15, 0.2) is 24.3 Å². The lowest BCUT2D eigenvalue weighted by Gasteiger charge is -2.23. The Balaban J connectivity index is 2.48. The summed E-state index contributed by atoms with van der Waals surface area (Å²) in [7, 11) is 0. The summed E-state index contributed by atoms with van der Waals surface area (Å²) in [6, 6.07) is 7.71. The third-order valence-electron chi connectivity index (χ3n) is 2.82. The van der Waals surface area contributed by atoms with Gasteiger partial charge in [0.25, 0.3) is 0 Å². The Bertz CT molecular complexity index is 303. The minimum absolute atomic E-state index is 0.594. The van der Waals surface area contributed by atoms with Gasteiger partial charge < -0.3 is 5.11 Å². The molecule has 1 atom stereocenters. The summed E-state index contributed by atoms with van der Waals surface area (Å²) in [4.78, 5) is 0. The van der Waals surface area contributed by atoms with Crippen LogP contribution >= 0.6 is 11.6 Å². The van der Waals surface area contributed by atoms with Crippen molar-refractivity contribution in [2.75, 3.05) is 0 Å². The maximum absolute atomic E-state index is 10.2. The van der Waals surface area contributed by atoms with Crippen molar-refractivity contribution in [2.45, 2.75) is 51.6 Å². The highest BCUT2D eigenvalue weighted by atomic mass is 35.5. The van der Waals surface area contributed by atoms with E-state index in [9.17, 15) is 5.11 Å². The maximum atomic E-state index is 10.2. The van der Waals surface area contributed by atoms with Gasteiger partial charge in [0.05, 0.1) is 5.60 Å². The quantitative estimate of drug-likeness (QED) is 0.739. The van der Waals surface area contributed by atoms with Crippen molar-refractivity contribution >= 4 is 11.6 Å². The first kappa shape index (κ1) is 13.5. The van der Waals surface area contributed by atoms with Crippen LogP contribution in [0.25, 0.3) is 0 Å². The molecule has 0 saturated heterocycles. The van der Waals surface area contributed by atoms with E-state index in [-0.39, 0.29) is 0 Å². The molecule has 1 aromatic rings. The molecule has 1 aromatic carbocycles. The van der Waals surface area contributed by atoms with Crippen molar-refractivity contribution in [3.63, 3.8) is 0 Å². The third-order valence-corrected chi connectivity index (χ3v) is 3.07. The molecule has 0 amide bonds. The average molecular weight is 241 g/mol. The van der Waals surface area contributed by atoms with Gasteiger partial charge >= 0.3 is 0 Å². The largest absolute Gasteiger partial charge is 0.390 e. The molecule has 0 saturated carbocycles. The van der Waals surface area contributed by atoms with Crippen LogP contribution in [0, 0.1) is 0 Å². The highest BCUT2D eigenvalue weighted by molar-refractivity contribution is 6.30. The van der Waals surface area contributed by atoms with Gasteiger partial charge in [-0.25, -0.2) is 0 Å². The zero-order valence-electron chi connectivity index (χ0n) is 10.2. The Morgan fingerprint density at radius 2 is 1.81 bits per heavy atom. The predicted octanol–water partition coefficient (Wildman–Crippen LogP) is 4.21. The van der Waals surface area contributed by atoms with E-state index in [0.29, 0.717) is 6.42 Å². The summed E-state index contributed by atoms with van der Waals surface area (Å²) in [6.45, 7) is 4.09. The molecule has 0 aromatic heterocycles. The van der Waals surface area contributed by atoms with E-state index < -0.39 is 5.60 Å². The molecule has 0 fully saturated rings. The molecule has 1 rings (SSSR count). The molecular weight excluding hydrogens is 220 g/mol. The smallest absolute Gasteiger partial charge is 0.0660 e. The van der Waals surface area contributed by atoms with Gasteiger partial charge in [0.15, 0.2) is 0 Å². The minimum atomic E-state index is -0.594. The highest BCUT2D eigenvalue weighted by Gasteiger charge is 2.19.